The van der Waals surface area contributed by atoms with E-state index in [1.54, 1.807) is 24.3 Å². The van der Waals surface area contributed by atoms with E-state index in [2.05, 4.69) is 0 Å². The number of alkyl halides is 12. The molecular formula is C20H10F12O. The van der Waals surface area contributed by atoms with Gasteiger partial charge in [-0.3, -0.25) is 4.79 Å². The molecule has 1 nitrogen and oxygen atoms in total. The van der Waals surface area contributed by atoms with Crippen LogP contribution in [-0.2, 0) is 6.42 Å². The Morgan fingerprint density at radius 3 is 1.82 bits per heavy atom. The van der Waals surface area contributed by atoms with Gasteiger partial charge in [0.2, 0.25) is 5.78 Å². The van der Waals surface area contributed by atoms with Gasteiger partial charge in [-0.1, -0.05) is 36.4 Å². The first kappa shape index (κ1) is 24.9. The van der Waals surface area contributed by atoms with Crippen molar-refractivity contribution in [3.8, 4) is 11.1 Å². The maximum Gasteiger partial charge on any atom is 0.386 e. The van der Waals surface area contributed by atoms with Gasteiger partial charge in [-0.2, -0.15) is 43.9 Å². The van der Waals surface area contributed by atoms with Gasteiger partial charge in [0.1, 0.15) is 0 Å². The third-order valence-corrected chi connectivity index (χ3v) is 5.22. The summed E-state index contributed by atoms with van der Waals surface area (Å²) >= 11 is 0. The summed E-state index contributed by atoms with van der Waals surface area (Å²) in [5, 5.41) is 0. The molecule has 0 spiro atoms. The summed E-state index contributed by atoms with van der Waals surface area (Å²) in [6.45, 7) is 0. The summed E-state index contributed by atoms with van der Waals surface area (Å²) < 4.78 is 160. The van der Waals surface area contributed by atoms with Crippen molar-refractivity contribution in [1.82, 2.24) is 0 Å². The molecule has 0 amide bonds. The number of Topliss-reactive ketones (excluding diaryl/α,β-unsaturated/α-hetero) is 1. The van der Waals surface area contributed by atoms with Crippen LogP contribution in [0.15, 0.2) is 42.5 Å². The lowest BCUT2D eigenvalue weighted by atomic mass is 9.89. The zero-order chi connectivity index (χ0) is 25.2. The van der Waals surface area contributed by atoms with Crippen molar-refractivity contribution >= 4 is 5.78 Å². The summed E-state index contributed by atoms with van der Waals surface area (Å²) in [5.41, 5.74) is 0.484. The van der Waals surface area contributed by atoms with Gasteiger partial charge >= 0.3 is 36.0 Å². The van der Waals surface area contributed by atoms with Gasteiger partial charge in [-0.05, 0) is 34.7 Å². The van der Waals surface area contributed by atoms with E-state index in [0.717, 1.165) is 6.07 Å². The van der Waals surface area contributed by atoms with E-state index in [4.69, 9.17) is 0 Å². The number of rotatable bonds is 7. The number of fused-ring (bicyclic) bond motifs is 3. The molecule has 3 rings (SSSR count). The Morgan fingerprint density at radius 2 is 1.24 bits per heavy atom. The fourth-order valence-electron chi connectivity index (χ4n) is 3.35. The Morgan fingerprint density at radius 1 is 0.697 bits per heavy atom. The topological polar surface area (TPSA) is 17.1 Å². The smallest absolute Gasteiger partial charge is 0.287 e. The summed E-state index contributed by atoms with van der Waals surface area (Å²) in [7, 11) is 0. The van der Waals surface area contributed by atoms with Crippen LogP contribution >= 0.6 is 0 Å². The lowest BCUT2D eigenvalue weighted by molar-refractivity contribution is -0.405. The summed E-state index contributed by atoms with van der Waals surface area (Å²) in [4.78, 5) is 12.0. The van der Waals surface area contributed by atoms with Gasteiger partial charge < -0.3 is 0 Å². The Kier molecular flexibility index (Phi) is 5.58. The molecule has 0 N–H and O–H groups in total. The molecule has 0 bridgehead atoms. The maximum atomic E-state index is 14.2. The average molecular weight is 494 g/mol. The molecule has 1 aliphatic carbocycles. The van der Waals surface area contributed by atoms with Crippen molar-refractivity contribution < 1.29 is 57.5 Å². The lowest BCUT2D eigenvalue weighted by Gasteiger charge is -2.38. The molecule has 0 atom stereocenters. The molecule has 0 aromatic heterocycles. The fraction of sp³-hybridized carbons (Fsp3) is 0.350. The number of carbonyl (C=O) groups is 1. The van der Waals surface area contributed by atoms with Crippen LogP contribution in [0, 0.1) is 0 Å². The number of hydrogen-bond acceptors (Lipinski definition) is 1. The fourth-order valence-corrected chi connectivity index (χ4v) is 3.35. The molecule has 0 aliphatic heterocycles. The monoisotopic (exact) mass is 494 g/mol. The third kappa shape index (κ3) is 3.30. The molecule has 33 heavy (non-hydrogen) atoms. The van der Waals surface area contributed by atoms with Crippen LogP contribution in [0.5, 0.6) is 0 Å². The van der Waals surface area contributed by atoms with E-state index in [0.29, 0.717) is 28.8 Å². The molecule has 0 saturated carbocycles. The minimum absolute atomic E-state index is 0.0312. The van der Waals surface area contributed by atoms with E-state index in [-0.39, 0.29) is 12.0 Å². The molecule has 1 aliphatic rings. The second-order valence-electron chi connectivity index (χ2n) is 7.26. The molecule has 0 fully saturated rings. The molecule has 2 aromatic rings. The molecule has 0 saturated heterocycles. The van der Waals surface area contributed by atoms with E-state index >= 15 is 0 Å². The summed E-state index contributed by atoms with van der Waals surface area (Å²) in [6, 6.07) is 8.66. The van der Waals surface area contributed by atoms with Crippen LogP contribution in [0.3, 0.4) is 0 Å². The van der Waals surface area contributed by atoms with Gasteiger partial charge in [0.15, 0.2) is 0 Å². The Balaban J connectivity index is 2.01. The zero-order valence-electron chi connectivity index (χ0n) is 15.8. The maximum absolute atomic E-state index is 14.2. The molecule has 0 unspecified atom stereocenters. The first-order valence-corrected chi connectivity index (χ1v) is 8.84. The van der Waals surface area contributed by atoms with E-state index < -0.39 is 47.4 Å². The van der Waals surface area contributed by atoms with E-state index in [9.17, 15) is 57.5 Å². The number of hydrogen-bond donors (Lipinski definition) is 0. The molecule has 0 heterocycles. The van der Waals surface area contributed by atoms with Crippen molar-refractivity contribution in [3.05, 3.63) is 59.2 Å². The highest BCUT2D eigenvalue weighted by molar-refractivity contribution is 6.03. The van der Waals surface area contributed by atoms with Crippen LogP contribution in [0.2, 0.25) is 0 Å². The standard InChI is InChI=1S/C20H10F12O/c21-15(22)17(25,26)19(29,30)20(31,32)18(27,28)16(23,24)14(33)10-5-6-13-11(8-10)7-9-3-1-2-4-12(9)13/h1-6,8,15H,7H2. The molecule has 2 aromatic carbocycles. The Bertz CT molecular complexity index is 1090. The van der Waals surface area contributed by atoms with Gasteiger partial charge in [0.05, 0.1) is 0 Å². The van der Waals surface area contributed by atoms with Crippen molar-refractivity contribution in [2.45, 2.75) is 42.5 Å². The lowest BCUT2D eigenvalue weighted by Crippen LogP contribution is -2.69. The normalized spacial score (nSPS) is 14.9. The average Bonchev–Trinajstić information content (AvgIpc) is 3.10. The largest absolute Gasteiger partial charge is 0.386 e. The van der Waals surface area contributed by atoms with Crippen LogP contribution in [0.25, 0.3) is 11.1 Å². The van der Waals surface area contributed by atoms with Crippen molar-refractivity contribution in [2.75, 3.05) is 0 Å². The van der Waals surface area contributed by atoms with E-state index in [1.165, 1.54) is 0 Å². The van der Waals surface area contributed by atoms with Gasteiger partial charge in [-0.15, -0.1) is 0 Å². The van der Waals surface area contributed by atoms with Crippen molar-refractivity contribution in [2.24, 2.45) is 0 Å². The highest BCUT2D eigenvalue weighted by Gasteiger charge is 2.88. The van der Waals surface area contributed by atoms with Gasteiger partial charge in [0, 0.05) is 5.56 Å². The summed E-state index contributed by atoms with van der Waals surface area (Å²) in [6.07, 6.45) is -5.57. The van der Waals surface area contributed by atoms with E-state index in [1.807, 2.05) is 0 Å². The second kappa shape index (κ2) is 7.39. The van der Waals surface area contributed by atoms with Crippen LogP contribution < -0.4 is 0 Å². The number of carbonyl (C=O) groups excluding carboxylic acids is 1. The van der Waals surface area contributed by atoms with Crippen LogP contribution in [-0.4, -0.2) is 41.8 Å². The van der Waals surface area contributed by atoms with Gasteiger partial charge in [0.25, 0.3) is 0 Å². The predicted molar refractivity (Wildman–Crippen MR) is 89.8 cm³/mol. The molecular weight excluding hydrogens is 484 g/mol. The minimum Gasteiger partial charge on any atom is -0.287 e. The van der Waals surface area contributed by atoms with Gasteiger partial charge in [-0.25, -0.2) is 8.78 Å². The zero-order valence-corrected chi connectivity index (χ0v) is 15.8. The van der Waals surface area contributed by atoms with Crippen LogP contribution in [0.4, 0.5) is 52.7 Å². The summed E-state index contributed by atoms with van der Waals surface area (Å²) in [5.74, 6) is -39.7. The Labute approximate surface area is 177 Å². The second-order valence-corrected chi connectivity index (χ2v) is 7.26. The molecule has 0 radical (unpaired) electrons. The highest BCUT2D eigenvalue weighted by atomic mass is 19.4. The minimum atomic E-state index is -7.74. The van der Waals surface area contributed by atoms with Crippen molar-refractivity contribution in [1.29, 1.82) is 0 Å². The Hall–Kier alpha value is -2.73. The first-order chi connectivity index (χ1) is 14.9. The predicted octanol–water partition coefficient (Wildman–Crippen LogP) is 6.88. The third-order valence-electron chi connectivity index (χ3n) is 5.22. The quantitative estimate of drug-likeness (QED) is 0.259. The number of ketones is 1. The number of benzene rings is 2. The molecule has 180 valence electrons. The SMILES string of the molecule is O=C(c1ccc2c(c1)Cc1ccccc1-2)C(F)(F)C(F)(F)C(F)(F)C(F)(F)C(F)(F)C(F)F. The number of halogens is 12. The van der Waals surface area contributed by atoms with Crippen LogP contribution in [0.1, 0.15) is 21.5 Å². The van der Waals surface area contributed by atoms with Crippen molar-refractivity contribution in [3.63, 3.8) is 0 Å². The first-order valence-electron chi connectivity index (χ1n) is 8.84. The highest BCUT2D eigenvalue weighted by Crippen LogP contribution is 2.58. The molecule has 13 heteroatoms.